The van der Waals surface area contributed by atoms with Crippen molar-refractivity contribution in [2.45, 2.75) is 13.8 Å². The van der Waals surface area contributed by atoms with Crippen molar-refractivity contribution in [2.24, 2.45) is 0 Å². The molecule has 1 heterocycles. The van der Waals surface area contributed by atoms with Crippen LogP contribution in [0.3, 0.4) is 0 Å². The van der Waals surface area contributed by atoms with Gasteiger partial charge in [0.1, 0.15) is 12.4 Å². The molecule has 0 aliphatic rings. The first kappa shape index (κ1) is 13.1. The Balaban J connectivity index is 2.20. The number of carbonyl (C=O) groups is 1. The number of hydrogen-bond donors (Lipinski definition) is 0. The summed E-state index contributed by atoms with van der Waals surface area (Å²) in [6.07, 6.45) is 1.68. The van der Waals surface area contributed by atoms with Crippen LogP contribution in [-0.2, 0) is 0 Å². The van der Waals surface area contributed by atoms with Crippen LogP contribution in [0.1, 0.15) is 21.7 Å². The van der Waals surface area contributed by atoms with E-state index in [0.717, 1.165) is 11.4 Å². The molecule has 98 valence electrons. The zero-order valence-corrected chi connectivity index (χ0v) is 11.1. The van der Waals surface area contributed by atoms with E-state index in [4.69, 9.17) is 4.74 Å². The minimum atomic E-state index is -0.138. The molecule has 0 aliphatic heterocycles. The zero-order valence-electron chi connectivity index (χ0n) is 11.1. The predicted octanol–water partition coefficient (Wildman–Crippen LogP) is 2.75. The molecule has 0 N–H and O–H groups in total. The van der Waals surface area contributed by atoms with Gasteiger partial charge in [-0.05, 0) is 44.2 Å². The summed E-state index contributed by atoms with van der Waals surface area (Å²) in [6, 6.07) is 8.87. The lowest BCUT2D eigenvalue weighted by Crippen LogP contribution is -2.15. The van der Waals surface area contributed by atoms with E-state index in [2.05, 4.69) is 11.7 Å². The molecule has 0 saturated heterocycles. The van der Waals surface area contributed by atoms with Crippen molar-refractivity contribution in [1.29, 1.82) is 0 Å². The van der Waals surface area contributed by atoms with Crippen molar-refractivity contribution >= 4 is 5.91 Å². The van der Waals surface area contributed by atoms with E-state index < -0.39 is 0 Å². The van der Waals surface area contributed by atoms with Crippen LogP contribution in [0.4, 0.5) is 0 Å². The summed E-state index contributed by atoms with van der Waals surface area (Å²) in [6.45, 7) is 7.76. The van der Waals surface area contributed by atoms with Gasteiger partial charge in [-0.3, -0.25) is 4.79 Å². The second-order valence-corrected chi connectivity index (χ2v) is 4.27. The first-order valence-electron chi connectivity index (χ1n) is 6.03. The van der Waals surface area contributed by atoms with Crippen molar-refractivity contribution in [2.75, 3.05) is 6.61 Å². The minimum absolute atomic E-state index is 0.138. The van der Waals surface area contributed by atoms with Crippen LogP contribution in [0.2, 0.25) is 0 Å². The monoisotopic (exact) mass is 256 g/mol. The van der Waals surface area contributed by atoms with Gasteiger partial charge in [0, 0.05) is 11.3 Å². The summed E-state index contributed by atoms with van der Waals surface area (Å²) in [5.41, 5.74) is 2.24. The molecule has 4 nitrogen and oxygen atoms in total. The second-order valence-electron chi connectivity index (χ2n) is 4.27. The standard InChI is InChI=1S/C15H16N2O2/c1-4-9-19-14-7-5-13(6-8-14)15(18)17-12(3)10-11(2)16-17/h4-8,10H,1,9H2,2-3H3. The first-order valence-corrected chi connectivity index (χ1v) is 6.03. The van der Waals surface area contributed by atoms with Gasteiger partial charge < -0.3 is 4.74 Å². The highest BCUT2D eigenvalue weighted by Crippen LogP contribution is 2.14. The quantitative estimate of drug-likeness (QED) is 0.790. The number of nitrogens with zero attached hydrogens (tertiary/aromatic N) is 2. The highest BCUT2D eigenvalue weighted by Gasteiger charge is 2.12. The minimum Gasteiger partial charge on any atom is -0.490 e. The molecule has 2 aromatic rings. The molecule has 0 amide bonds. The molecule has 0 spiro atoms. The molecule has 4 heteroatoms. The highest BCUT2D eigenvalue weighted by atomic mass is 16.5. The number of aryl methyl sites for hydroxylation is 2. The molecule has 0 saturated carbocycles. The van der Waals surface area contributed by atoms with Crippen molar-refractivity contribution in [1.82, 2.24) is 9.78 Å². The number of hydrogen-bond acceptors (Lipinski definition) is 3. The zero-order chi connectivity index (χ0) is 13.8. The topological polar surface area (TPSA) is 44.1 Å². The summed E-state index contributed by atoms with van der Waals surface area (Å²) < 4.78 is 6.78. The van der Waals surface area contributed by atoms with Crippen LogP contribution in [-0.4, -0.2) is 22.3 Å². The van der Waals surface area contributed by atoms with Gasteiger partial charge in [-0.15, -0.1) is 0 Å². The Labute approximate surface area is 112 Å². The maximum atomic E-state index is 12.2. The van der Waals surface area contributed by atoms with E-state index in [1.807, 2.05) is 19.9 Å². The molecular weight excluding hydrogens is 240 g/mol. The van der Waals surface area contributed by atoms with Crippen LogP contribution in [0.25, 0.3) is 0 Å². The number of benzene rings is 1. The fraction of sp³-hybridized carbons (Fsp3) is 0.200. The van der Waals surface area contributed by atoms with Gasteiger partial charge in [0.25, 0.3) is 5.91 Å². The molecule has 0 unspecified atom stereocenters. The number of carbonyl (C=O) groups excluding carboxylic acids is 1. The van der Waals surface area contributed by atoms with Gasteiger partial charge in [0.05, 0.1) is 5.69 Å². The Morgan fingerprint density at radius 3 is 2.58 bits per heavy atom. The predicted molar refractivity (Wildman–Crippen MR) is 73.6 cm³/mol. The van der Waals surface area contributed by atoms with Gasteiger partial charge in [-0.25, -0.2) is 4.68 Å². The summed E-state index contributed by atoms with van der Waals surface area (Å²) in [4.78, 5) is 12.2. The average molecular weight is 256 g/mol. The highest BCUT2D eigenvalue weighted by molar-refractivity contribution is 5.95. The molecule has 0 bridgehead atoms. The summed E-state index contributed by atoms with van der Waals surface area (Å²) in [5.74, 6) is 0.575. The SMILES string of the molecule is C=CCOc1ccc(C(=O)n2nc(C)cc2C)cc1. The summed E-state index contributed by atoms with van der Waals surface area (Å²) in [5, 5.41) is 4.18. The van der Waals surface area contributed by atoms with Crippen molar-refractivity contribution in [3.63, 3.8) is 0 Å². The lowest BCUT2D eigenvalue weighted by atomic mass is 10.2. The molecule has 0 atom stereocenters. The van der Waals surface area contributed by atoms with E-state index >= 15 is 0 Å². The molecule has 1 aromatic carbocycles. The number of ether oxygens (including phenoxy) is 1. The average Bonchev–Trinajstić information content (AvgIpc) is 2.75. The van der Waals surface area contributed by atoms with Crippen LogP contribution in [0.5, 0.6) is 5.75 Å². The van der Waals surface area contributed by atoms with Crippen LogP contribution >= 0.6 is 0 Å². The normalized spacial score (nSPS) is 10.2. The Kier molecular flexibility index (Phi) is 3.80. The first-order chi connectivity index (χ1) is 9.11. The molecule has 0 fully saturated rings. The largest absolute Gasteiger partial charge is 0.490 e. The van der Waals surface area contributed by atoms with Gasteiger partial charge in [0.2, 0.25) is 0 Å². The van der Waals surface area contributed by atoms with Crippen molar-refractivity contribution in [3.8, 4) is 5.75 Å². The molecular formula is C15H16N2O2. The lowest BCUT2D eigenvalue weighted by Gasteiger charge is -2.05. The lowest BCUT2D eigenvalue weighted by molar-refractivity contribution is 0.0942. The molecule has 0 radical (unpaired) electrons. The summed E-state index contributed by atoms with van der Waals surface area (Å²) in [7, 11) is 0. The Bertz CT molecular complexity index is 597. The van der Waals surface area contributed by atoms with Crippen LogP contribution in [0.15, 0.2) is 43.0 Å². The van der Waals surface area contributed by atoms with Crippen LogP contribution < -0.4 is 4.74 Å². The Morgan fingerprint density at radius 1 is 1.37 bits per heavy atom. The number of aromatic nitrogens is 2. The third-order valence-electron chi connectivity index (χ3n) is 2.67. The Morgan fingerprint density at radius 2 is 2.05 bits per heavy atom. The van der Waals surface area contributed by atoms with Gasteiger partial charge in [0.15, 0.2) is 0 Å². The maximum absolute atomic E-state index is 12.2. The second kappa shape index (κ2) is 5.52. The maximum Gasteiger partial charge on any atom is 0.278 e. The molecule has 1 aromatic heterocycles. The van der Waals surface area contributed by atoms with Crippen molar-refractivity contribution in [3.05, 3.63) is 59.9 Å². The van der Waals surface area contributed by atoms with Gasteiger partial charge in [-0.2, -0.15) is 5.10 Å². The molecule has 2 rings (SSSR count). The van der Waals surface area contributed by atoms with E-state index in [-0.39, 0.29) is 5.91 Å². The summed E-state index contributed by atoms with van der Waals surface area (Å²) >= 11 is 0. The third-order valence-corrected chi connectivity index (χ3v) is 2.67. The number of rotatable bonds is 4. The van der Waals surface area contributed by atoms with E-state index in [9.17, 15) is 4.79 Å². The smallest absolute Gasteiger partial charge is 0.278 e. The fourth-order valence-corrected chi connectivity index (χ4v) is 1.81. The molecule has 19 heavy (non-hydrogen) atoms. The third kappa shape index (κ3) is 2.91. The Hall–Kier alpha value is -2.36. The van der Waals surface area contributed by atoms with Crippen LogP contribution in [0, 0.1) is 13.8 Å². The van der Waals surface area contributed by atoms with Gasteiger partial charge in [-0.1, -0.05) is 12.7 Å². The van der Waals surface area contributed by atoms with E-state index in [1.165, 1.54) is 4.68 Å². The van der Waals surface area contributed by atoms with E-state index in [0.29, 0.717) is 17.9 Å². The molecule has 0 aliphatic carbocycles. The van der Waals surface area contributed by atoms with E-state index in [1.54, 1.807) is 30.3 Å². The van der Waals surface area contributed by atoms with Crippen molar-refractivity contribution < 1.29 is 9.53 Å². The van der Waals surface area contributed by atoms with Gasteiger partial charge >= 0.3 is 0 Å². The fourth-order valence-electron chi connectivity index (χ4n) is 1.81.